The van der Waals surface area contributed by atoms with E-state index in [9.17, 15) is 9.59 Å². The molecule has 0 unspecified atom stereocenters. The first-order valence-electron chi connectivity index (χ1n) is 6.58. The van der Waals surface area contributed by atoms with Crippen LogP contribution in [-0.4, -0.2) is 41.4 Å². The first kappa shape index (κ1) is 13.7. The molecule has 2 aromatic rings. The van der Waals surface area contributed by atoms with Crippen LogP contribution in [0, 0.1) is 0 Å². The fraction of sp³-hybridized carbons (Fsp3) is 0.308. The number of anilines is 2. The number of halogens is 1. The normalized spacial score (nSPS) is 15.3. The molecule has 2 heterocycles. The molecular formula is C13H14ClN5O2. The van der Waals surface area contributed by atoms with Gasteiger partial charge in [0.05, 0.1) is 0 Å². The molecule has 0 atom stereocenters. The summed E-state index contributed by atoms with van der Waals surface area (Å²) in [6.07, 6.45) is 0. The van der Waals surface area contributed by atoms with Crippen LogP contribution in [0.1, 0.15) is 0 Å². The minimum absolute atomic E-state index is 0.250. The van der Waals surface area contributed by atoms with Gasteiger partial charge in [-0.3, -0.25) is 9.78 Å². The van der Waals surface area contributed by atoms with Gasteiger partial charge in [0, 0.05) is 36.9 Å². The summed E-state index contributed by atoms with van der Waals surface area (Å²) in [6.45, 7) is 2.80. The van der Waals surface area contributed by atoms with Gasteiger partial charge in [-0.05, 0) is 18.2 Å². The summed E-state index contributed by atoms with van der Waals surface area (Å²) in [7, 11) is 0. The lowest BCUT2D eigenvalue weighted by molar-refractivity contribution is 0.637. The summed E-state index contributed by atoms with van der Waals surface area (Å²) in [4.78, 5) is 28.9. The number of nitrogens with zero attached hydrogens (tertiary/aromatic N) is 3. The Labute approximate surface area is 125 Å². The molecule has 0 spiro atoms. The number of hydrogen-bond donors (Lipinski definition) is 2. The first-order valence-corrected chi connectivity index (χ1v) is 6.96. The molecule has 0 saturated carbocycles. The number of H-pyrrole nitrogens is 2. The second-order valence-corrected chi connectivity index (χ2v) is 5.22. The van der Waals surface area contributed by atoms with Crippen molar-refractivity contribution in [1.82, 2.24) is 15.2 Å². The fourth-order valence-electron chi connectivity index (χ4n) is 2.41. The highest BCUT2D eigenvalue weighted by molar-refractivity contribution is 6.30. The van der Waals surface area contributed by atoms with Crippen LogP contribution in [0.3, 0.4) is 0 Å². The number of nitrogens with one attached hydrogen (secondary N) is 2. The molecule has 3 rings (SSSR count). The topological polar surface area (TPSA) is 85.1 Å². The molecule has 1 fully saturated rings. The highest BCUT2D eigenvalue weighted by Crippen LogP contribution is 2.21. The van der Waals surface area contributed by atoms with Gasteiger partial charge in [0.25, 0.3) is 5.56 Å². The van der Waals surface area contributed by atoms with Crippen molar-refractivity contribution in [3.63, 3.8) is 0 Å². The molecular weight excluding hydrogens is 294 g/mol. The summed E-state index contributed by atoms with van der Waals surface area (Å²) in [5.74, 6) is 0.250. The van der Waals surface area contributed by atoms with Crippen molar-refractivity contribution in [2.45, 2.75) is 0 Å². The Kier molecular flexibility index (Phi) is 3.66. The molecule has 1 aromatic carbocycles. The van der Waals surface area contributed by atoms with E-state index in [1.807, 2.05) is 29.2 Å². The van der Waals surface area contributed by atoms with E-state index in [2.05, 4.69) is 20.1 Å². The highest BCUT2D eigenvalue weighted by Gasteiger charge is 2.20. The zero-order chi connectivity index (χ0) is 14.8. The largest absolute Gasteiger partial charge is 0.368 e. The van der Waals surface area contributed by atoms with Gasteiger partial charge in [0.2, 0.25) is 5.82 Å². The molecule has 8 heteroatoms. The van der Waals surface area contributed by atoms with Gasteiger partial charge in [-0.2, -0.15) is 0 Å². The predicted octanol–water partition coefficient (Wildman–Crippen LogP) is 0.438. The van der Waals surface area contributed by atoms with Crippen molar-refractivity contribution in [2.24, 2.45) is 0 Å². The fourth-order valence-corrected chi connectivity index (χ4v) is 2.59. The highest BCUT2D eigenvalue weighted by atomic mass is 35.5. The molecule has 0 amide bonds. The van der Waals surface area contributed by atoms with Crippen LogP contribution < -0.4 is 21.0 Å². The summed E-state index contributed by atoms with van der Waals surface area (Å²) in [5.41, 5.74) is 0.00163. The molecule has 1 aliphatic heterocycles. The Morgan fingerprint density at radius 3 is 2.48 bits per heavy atom. The molecule has 110 valence electrons. The van der Waals surface area contributed by atoms with Crippen LogP contribution in [0.25, 0.3) is 0 Å². The number of rotatable bonds is 2. The molecule has 1 aromatic heterocycles. The molecule has 0 bridgehead atoms. The number of piperazine rings is 1. The second-order valence-electron chi connectivity index (χ2n) is 4.78. The second kappa shape index (κ2) is 5.61. The maximum Gasteiger partial charge on any atom is 0.342 e. The van der Waals surface area contributed by atoms with Crippen LogP contribution in [0.4, 0.5) is 11.5 Å². The molecule has 2 N–H and O–H groups in total. The van der Waals surface area contributed by atoms with Crippen molar-refractivity contribution >= 4 is 23.1 Å². The lowest BCUT2D eigenvalue weighted by Crippen LogP contribution is -2.49. The summed E-state index contributed by atoms with van der Waals surface area (Å²) in [5, 5.41) is 6.78. The molecule has 0 radical (unpaired) electrons. The van der Waals surface area contributed by atoms with Crippen LogP contribution in [0.2, 0.25) is 5.02 Å². The summed E-state index contributed by atoms with van der Waals surface area (Å²) >= 11 is 6.00. The van der Waals surface area contributed by atoms with Crippen LogP contribution >= 0.6 is 11.6 Å². The molecule has 7 nitrogen and oxygen atoms in total. The Balaban J connectivity index is 1.73. The van der Waals surface area contributed by atoms with E-state index in [1.54, 1.807) is 0 Å². The number of aromatic nitrogens is 3. The third kappa shape index (κ3) is 2.92. The third-order valence-electron chi connectivity index (χ3n) is 3.45. The van der Waals surface area contributed by atoms with Crippen LogP contribution in [0.15, 0.2) is 33.9 Å². The number of hydrogen-bond acceptors (Lipinski definition) is 5. The van der Waals surface area contributed by atoms with Crippen molar-refractivity contribution in [1.29, 1.82) is 0 Å². The van der Waals surface area contributed by atoms with E-state index in [4.69, 9.17) is 11.6 Å². The average Bonchev–Trinajstić information content (AvgIpc) is 2.47. The predicted molar refractivity (Wildman–Crippen MR) is 81.4 cm³/mol. The van der Waals surface area contributed by atoms with E-state index in [-0.39, 0.29) is 5.82 Å². The van der Waals surface area contributed by atoms with Gasteiger partial charge < -0.3 is 9.80 Å². The van der Waals surface area contributed by atoms with Crippen LogP contribution in [0.5, 0.6) is 0 Å². The van der Waals surface area contributed by atoms with E-state index >= 15 is 0 Å². The Bertz CT molecular complexity index is 748. The minimum atomic E-state index is -0.596. The molecule has 0 aliphatic carbocycles. The minimum Gasteiger partial charge on any atom is -0.368 e. The van der Waals surface area contributed by atoms with Crippen molar-refractivity contribution in [2.75, 3.05) is 36.0 Å². The lowest BCUT2D eigenvalue weighted by atomic mass is 10.2. The maximum absolute atomic E-state index is 11.7. The van der Waals surface area contributed by atoms with E-state index in [0.717, 1.165) is 18.8 Å². The average molecular weight is 308 g/mol. The van der Waals surface area contributed by atoms with E-state index < -0.39 is 11.2 Å². The van der Waals surface area contributed by atoms with E-state index in [1.165, 1.54) is 0 Å². The summed E-state index contributed by atoms with van der Waals surface area (Å²) in [6, 6.07) is 7.68. The number of benzene rings is 1. The number of aromatic amines is 2. The molecule has 1 saturated heterocycles. The molecule has 1 aliphatic rings. The quantitative estimate of drug-likeness (QED) is 0.841. The zero-order valence-electron chi connectivity index (χ0n) is 11.2. The van der Waals surface area contributed by atoms with E-state index in [0.29, 0.717) is 18.1 Å². The SMILES string of the molecule is O=c1[nH]nc(N2CCN(c3cccc(Cl)c3)CC2)c(=O)[nH]1. The van der Waals surface area contributed by atoms with Gasteiger partial charge in [0.1, 0.15) is 0 Å². The first-order chi connectivity index (χ1) is 10.1. The van der Waals surface area contributed by atoms with Gasteiger partial charge >= 0.3 is 5.69 Å². The van der Waals surface area contributed by atoms with Crippen molar-refractivity contribution in [3.8, 4) is 0 Å². The van der Waals surface area contributed by atoms with Gasteiger partial charge in [-0.1, -0.05) is 17.7 Å². The van der Waals surface area contributed by atoms with Crippen LogP contribution in [-0.2, 0) is 0 Å². The lowest BCUT2D eigenvalue weighted by Gasteiger charge is -2.36. The summed E-state index contributed by atoms with van der Waals surface area (Å²) < 4.78 is 0. The standard InChI is InChI=1S/C13H14ClN5O2/c14-9-2-1-3-10(8-9)18-4-6-19(7-5-18)11-12(20)15-13(21)17-16-11/h1-3,8H,4-7H2,(H2,15,17,20,21). The Morgan fingerprint density at radius 1 is 1.10 bits per heavy atom. The third-order valence-corrected chi connectivity index (χ3v) is 3.68. The van der Waals surface area contributed by atoms with Gasteiger partial charge in [-0.15, -0.1) is 5.10 Å². The smallest absolute Gasteiger partial charge is 0.342 e. The maximum atomic E-state index is 11.7. The Hall–Kier alpha value is -2.28. The van der Waals surface area contributed by atoms with Crippen molar-refractivity contribution in [3.05, 3.63) is 50.1 Å². The molecule has 21 heavy (non-hydrogen) atoms. The monoisotopic (exact) mass is 307 g/mol. The van der Waals surface area contributed by atoms with Crippen molar-refractivity contribution < 1.29 is 0 Å². The van der Waals surface area contributed by atoms with Gasteiger partial charge in [-0.25, -0.2) is 9.89 Å². The van der Waals surface area contributed by atoms with Gasteiger partial charge in [0.15, 0.2) is 0 Å². The zero-order valence-corrected chi connectivity index (χ0v) is 11.9. The Morgan fingerprint density at radius 2 is 1.81 bits per heavy atom.